The number of hydrogen-bond donors (Lipinski definition) is 2. The second kappa shape index (κ2) is 1.80. The lowest BCUT2D eigenvalue weighted by molar-refractivity contribution is -0.145. The molecular formula is C7H13NO2. The van der Waals surface area contributed by atoms with Gasteiger partial charge < -0.3 is 5.11 Å². The highest BCUT2D eigenvalue weighted by Crippen LogP contribution is 2.27. The van der Waals surface area contributed by atoms with E-state index in [1.54, 1.807) is 6.92 Å². The summed E-state index contributed by atoms with van der Waals surface area (Å²) < 4.78 is 0. The fourth-order valence-electron chi connectivity index (χ4n) is 1.54. The Morgan fingerprint density at radius 2 is 2.00 bits per heavy atom. The van der Waals surface area contributed by atoms with Gasteiger partial charge in [-0.05, 0) is 20.8 Å². The minimum atomic E-state index is -0.677. The van der Waals surface area contributed by atoms with E-state index in [0.717, 1.165) is 0 Å². The Hall–Kier alpha value is -0.410. The van der Waals surface area contributed by atoms with Gasteiger partial charge in [0, 0.05) is 0 Å². The lowest BCUT2D eigenvalue weighted by Gasteiger charge is -2.49. The van der Waals surface area contributed by atoms with Crippen LogP contribution in [0.5, 0.6) is 0 Å². The van der Waals surface area contributed by atoms with E-state index < -0.39 is 11.1 Å². The van der Waals surface area contributed by atoms with Gasteiger partial charge in [-0.1, -0.05) is 0 Å². The van der Waals surface area contributed by atoms with Crippen LogP contribution < -0.4 is 5.32 Å². The lowest BCUT2D eigenvalue weighted by atomic mass is 9.74. The summed E-state index contributed by atoms with van der Waals surface area (Å²) in [5.74, 6) is 0.0856. The Morgan fingerprint density at radius 1 is 1.50 bits per heavy atom. The molecule has 0 bridgehead atoms. The molecule has 0 radical (unpaired) electrons. The summed E-state index contributed by atoms with van der Waals surface area (Å²) in [5.41, 5.74) is -1.11. The summed E-state index contributed by atoms with van der Waals surface area (Å²) in [6.45, 7) is 5.22. The largest absolute Gasteiger partial charge is 0.394 e. The standard InChI is InChI=1S/C7H13NO2/c1-6(2)5(10)7(3,4-9)8-6/h8-9H,4H2,1-3H3/t7-/m0/s1. The molecule has 0 aromatic rings. The van der Waals surface area contributed by atoms with Crippen LogP contribution in [0.1, 0.15) is 20.8 Å². The van der Waals surface area contributed by atoms with Crippen LogP contribution in [0.25, 0.3) is 0 Å². The average molecular weight is 143 g/mol. The number of rotatable bonds is 1. The minimum absolute atomic E-state index is 0.0856. The molecule has 0 amide bonds. The van der Waals surface area contributed by atoms with E-state index in [0.29, 0.717) is 0 Å². The second-order valence-corrected chi connectivity index (χ2v) is 3.57. The number of hydrogen-bond acceptors (Lipinski definition) is 3. The summed E-state index contributed by atoms with van der Waals surface area (Å²) in [6, 6.07) is 0. The molecule has 0 unspecified atom stereocenters. The van der Waals surface area contributed by atoms with Gasteiger partial charge in [-0.15, -0.1) is 0 Å². The Labute approximate surface area is 60.4 Å². The molecule has 1 fully saturated rings. The first kappa shape index (κ1) is 7.69. The van der Waals surface area contributed by atoms with Gasteiger partial charge in [0.15, 0.2) is 5.78 Å². The van der Waals surface area contributed by atoms with Crippen molar-refractivity contribution in [1.29, 1.82) is 0 Å². The predicted molar refractivity (Wildman–Crippen MR) is 37.7 cm³/mol. The highest BCUT2D eigenvalue weighted by atomic mass is 16.3. The molecule has 1 aliphatic rings. The van der Waals surface area contributed by atoms with E-state index in [1.807, 2.05) is 13.8 Å². The van der Waals surface area contributed by atoms with Crippen LogP contribution in [0.4, 0.5) is 0 Å². The van der Waals surface area contributed by atoms with Gasteiger partial charge >= 0.3 is 0 Å². The number of aliphatic hydroxyl groups excluding tert-OH is 1. The zero-order valence-electron chi connectivity index (χ0n) is 6.56. The molecule has 0 aromatic carbocycles. The Morgan fingerprint density at radius 3 is 2.10 bits per heavy atom. The van der Waals surface area contributed by atoms with Crippen molar-refractivity contribution >= 4 is 5.78 Å². The number of carbonyl (C=O) groups excluding carboxylic acids is 1. The first-order chi connectivity index (χ1) is 4.42. The first-order valence-electron chi connectivity index (χ1n) is 3.37. The molecule has 1 atom stereocenters. The van der Waals surface area contributed by atoms with E-state index in [9.17, 15) is 4.79 Å². The maximum atomic E-state index is 11.2. The van der Waals surface area contributed by atoms with Gasteiger partial charge in [-0.3, -0.25) is 10.1 Å². The summed E-state index contributed by atoms with van der Waals surface area (Å²) >= 11 is 0. The fraction of sp³-hybridized carbons (Fsp3) is 0.857. The van der Waals surface area contributed by atoms with E-state index >= 15 is 0 Å². The van der Waals surface area contributed by atoms with Crippen molar-refractivity contribution in [1.82, 2.24) is 5.32 Å². The van der Waals surface area contributed by atoms with Gasteiger partial charge in [-0.2, -0.15) is 0 Å². The highest BCUT2D eigenvalue weighted by molar-refractivity contribution is 6.01. The Balaban J connectivity index is 2.71. The molecule has 1 heterocycles. The van der Waals surface area contributed by atoms with Crippen LogP contribution >= 0.6 is 0 Å². The molecular weight excluding hydrogens is 130 g/mol. The van der Waals surface area contributed by atoms with Crippen LogP contribution in [0.3, 0.4) is 0 Å². The molecule has 0 spiro atoms. The van der Waals surface area contributed by atoms with Crippen LogP contribution in [0.2, 0.25) is 0 Å². The highest BCUT2D eigenvalue weighted by Gasteiger charge is 2.54. The van der Waals surface area contributed by atoms with Gasteiger partial charge in [0.05, 0.1) is 12.1 Å². The molecule has 0 aromatic heterocycles. The third kappa shape index (κ3) is 0.777. The number of carbonyl (C=O) groups is 1. The zero-order valence-corrected chi connectivity index (χ0v) is 6.56. The van der Waals surface area contributed by atoms with E-state index in [4.69, 9.17) is 5.11 Å². The van der Waals surface area contributed by atoms with Crippen molar-refractivity contribution in [3.05, 3.63) is 0 Å². The lowest BCUT2D eigenvalue weighted by Crippen LogP contribution is -2.78. The third-order valence-corrected chi connectivity index (χ3v) is 1.97. The van der Waals surface area contributed by atoms with Crippen LogP contribution in [-0.4, -0.2) is 28.6 Å². The molecule has 10 heavy (non-hydrogen) atoms. The Bertz CT molecular complexity index is 176. The topological polar surface area (TPSA) is 49.3 Å². The average Bonchev–Trinajstić information content (AvgIpc) is 1.86. The molecule has 2 N–H and O–H groups in total. The van der Waals surface area contributed by atoms with E-state index in [1.165, 1.54) is 0 Å². The SMILES string of the molecule is CC1(C)N[C@@](C)(CO)C1=O. The summed E-state index contributed by atoms with van der Waals surface area (Å²) in [5, 5.41) is 11.8. The van der Waals surface area contributed by atoms with Crippen molar-refractivity contribution in [2.45, 2.75) is 31.8 Å². The maximum Gasteiger partial charge on any atom is 0.174 e. The van der Waals surface area contributed by atoms with Crippen LogP contribution in [-0.2, 0) is 4.79 Å². The van der Waals surface area contributed by atoms with Crippen molar-refractivity contribution < 1.29 is 9.90 Å². The summed E-state index contributed by atoms with van der Waals surface area (Å²) in [4.78, 5) is 11.2. The predicted octanol–water partition coefficient (Wildman–Crippen LogP) is -0.312. The summed E-state index contributed by atoms with van der Waals surface area (Å²) in [6.07, 6.45) is 0. The van der Waals surface area contributed by atoms with Crippen molar-refractivity contribution in [3.63, 3.8) is 0 Å². The molecule has 1 rings (SSSR count). The van der Waals surface area contributed by atoms with Gasteiger partial charge in [0.25, 0.3) is 0 Å². The second-order valence-electron chi connectivity index (χ2n) is 3.57. The van der Waals surface area contributed by atoms with E-state index in [-0.39, 0.29) is 12.4 Å². The van der Waals surface area contributed by atoms with Gasteiger partial charge in [-0.25, -0.2) is 0 Å². The van der Waals surface area contributed by atoms with Crippen LogP contribution in [0.15, 0.2) is 0 Å². The molecule has 1 saturated heterocycles. The smallest absolute Gasteiger partial charge is 0.174 e. The number of aliphatic hydroxyl groups is 1. The van der Waals surface area contributed by atoms with Gasteiger partial charge in [0.1, 0.15) is 5.54 Å². The normalized spacial score (nSPS) is 37.4. The molecule has 0 aliphatic carbocycles. The zero-order chi connectivity index (χ0) is 7.99. The molecule has 0 saturated carbocycles. The number of nitrogens with one attached hydrogen (secondary N) is 1. The van der Waals surface area contributed by atoms with Crippen molar-refractivity contribution in [2.75, 3.05) is 6.61 Å². The molecule has 3 nitrogen and oxygen atoms in total. The maximum absolute atomic E-state index is 11.2. The van der Waals surface area contributed by atoms with Crippen molar-refractivity contribution in [2.24, 2.45) is 0 Å². The monoisotopic (exact) mass is 143 g/mol. The van der Waals surface area contributed by atoms with Gasteiger partial charge in [0.2, 0.25) is 0 Å². The minimum Gasteiger partial charge on any atom is -0.394 e. The fourth-order valence-corrected chi connectivity index (χ4v) is 1.54. The summed E-state index contributed by atoms with van der Waals surface area (Å²) in [7, 11) is 0. The number of Topliss-reactive ketones (excluding diaryl/α,β-unsaturated/α-hetero) is 1. The Kier molecular flexibility index (Phi) is 1.38. The first-order valence-corrected chi connectivity index (χ1v) is 3.37. The molecule has 3 heteroatoms. The quantitative estimate of drug-likeness (QED) is 0.529. The number of ketones is 1. The third-order valence-electron chi connectivity index (χ3n) is 1.97. The van der Waals surface area contributed by atoms with E-state index in [2.05, 4.69) is 5.32 Å². The molecule has 1 aliphatic heterocycles. The van der Waals surface area contributed by atoms with Crippen LogP contribution in [0, 0.1) is 0 Å². The van der Waals surface area contributed by atoms with Crippen molar-refractivity contribution in [3.8, 4) is 0 Å². The molecule has 58 valence electrons.